The zero-order valence-electron chi connectivity index (χ0n) is 17.1. The summed E-state index contributed by atoms with van der Waals surface area (Å²) in [5, 5.41) is 8.96. The van der Waals surface area contributed by atoms with E-state index in [-0.39, 0.29) is 6.42 Å². The molecular formula is C26H26N2O2. The van der Waals surface area contributed by atoms with E-state index < -0.39 is 5.97 Å². The van der Waals surface area contributed by atoms with Crippen LogP contribution in [0.5, 0.6) is 0 Å². The normalized spacial score (nSPS) is 13.4. The van der Waals surface area contributed by atoms with Gasteiger partial charge in [0.25, 0.3) is 0 Å². The van der Waals surface area contributed by atoms with E-state index in [4.69, 9.17) is 5.11 Å². The minimum absolute atomic E-state index is 0.150. The second-order valence-corrected chi connectivity index (χ2v) is 7.51. The van der Waals surface area contributed by atoms with E-state index >= 15 is 0 Å². The van der Waals surface area contributed by atoms with Crippen LogP contribution in [0.15, 0.2) is 72.8 Å². The van der Waals surface area contributed by atoms with Crippen molar-refractivity contribution in [1.29, 1.82) is 0 Å². The van der Waals surface area contributed by atoms with Gasteiger partial charge in [-0.3, -0.25) is 4.79 Å². The van der Waals surface area contributed by atoms with Crippen LogP contribution in [0.3, 0.4) is 0 Å². The van der Waals surface area contributed by atoms with Gasteiger partial charge in [0.2, 0.25) is 0 Å². The van der Waals surface area contributed by atoms with Crippen LogP contribution in [0.2, 0.25) is 0 Å². The molecule has 0 unspecified atom stereocenters. The van der Waals surface area contributed by atoms with Gasteiger partial charge in [-0.05, 0) is 63.9 Å². The maximum Gasteiger partial charge on any atom is 0.303 e. The summed E-state index contributed by atoms with van der Waals surface area (Å²) in [6, 6.07) is 25.4. The third-order valence-corrected chi connectivity index (χ3v) is 5.54. The number of nitrogens with one attached hydrogen (secondary N) is 2. The number of hydrazine groups is 1. The van der Waals surface area contributed by atoms with Crippen LogP contribution in [0.25, 0.3) is 11.1 Å². The molecule has 3 aromatic rings. The minimum Gasteiger partial charge on any atom is -0.481 e. The average molecular weight is 399 g/mol. The molecule has 0 fully saturated rings. The van der Waals surface area contributed by atoms with Gasteiger partial charge in [-0.15, -0.1) is 0 Å². The summed E-state index contributed by atoms with van der Waals surface area (Å²) in [6.45, 7) is 3.00. The fourth-order valence-corrected chi connectivity index (χ4v) is 4.02. The molecule has 4 heteroatoms. The number of allylic oxidation sites excluding steroid dienone is 1. The molecule has 30 heavy (non-hydrogen) atoms. The summed E-state index contributed by atoms with van der Waals surface area (Å²) in [5.74, 6) is -0.766. The van der Waals surface area contributed by atoms with Crippen molar-refractivity contribution in [2.75, 3.05) is 5.43 Å². The zero-order valence-corrected chi connectivity index (χ0v) is 17.1. The summed E-state index contributed by atoms with van der Waals surface area (Å²) >= 11 is 0. The van der Waals surface area contributed by atoms with Gasteiger partial charge in [-0.1, -0.05) is 67.6 Å². The fourth-order valence-electron chi connectivity index (χ4n) is 4.02. The third-order valence-electron chi connectivity index (χ3n) is 5.54. The van der Waals surface area contributed by atoms with Crippen molar-refractivity contribution in [3.05, 3.63) is 101 Å². The first-order chi connectivity index (χ1) is 14.7. The number of carboxylic acids is 1. The van der Waals surface area contributed by atoms with Crippen molar-refractivity contribution in [1.82, 2.24) is 5.43 Å². The lowest BCUT2D eigenvalue weighted by molar-refractivity contribution is -0.136. The van der Waals surface area contributed by atoms with Crippen molar-refractivity contribution in [3.63, 3.8) is 0 Å². The first-order valence-corrected chi connectivity index (χ1v) is 10.4. The quantitative estimate of drug-likeness (QED) is 0.460. The Morgan fingerprint density at radius 1 is 0.933 bits per heavy atom. The summed E-state index contributed by atoms with van der Waals surface area (Å²) in [7, 11) is 0. The van der Waals surface area contributed by atoms with Crippen LogP contribution in [-0.2, 0) is 17.8 Å². The minimum atomic E-state index is -0.766. The van der Waals surface area contributed by atoms with Crippen LogP contribution >= 0.6 is 0 Å². The van der Waals surface area contributed by atoms with E-state index in [9.17, 15) is 4.79 Å². The average Bonchev–Trinajstić information content (AvgIpc) is 3.25. The second kappa shape index (κ2) is 8.97. The van der Waals surface area contributed by atoms with Crippen molar-refractivity contribution in [2.24, 2.45) is 0 Å². The van der Waals surface area contributed by atoms with Gasteiger partial charge < -0.3 is 10.5 Å². The first kappa shape index (κ1) is 19.9. The Bertz CT molecular complexity index is 1070. The number of aryl methyl sites for hydroxylation is 1. The number of hydrogen-bond acceptors (Lipinski definition) is 3. The maximum atomic E-state index is 10.9. The van der Waals surface area contributed by atoms with Crippen molar-refractivity contribution < 1.29 is 9.90 Å². The number of aliphatic carboxylic acids is 1. The van der Waals surface area contributed by atoms with E-state index in [1.165, 1.54) is 27.8 Å². The highest BCUT2D eigenvalue weighted by Crippen LogP contribution is 2.36. The highest BCUT2D eigenvalue weighted by Gasteiger charge is 2.16. The summed E-state index contributed by atoms with van der Waals surface area (Å²) < 4.78 is 0. The second-order valence-electron chi connectivity index (χ2n) is 7.51. The molecule has 3 aromatic carbocycles. The summed E-state index contributed by atoms with van der Waals surface area (Å²) in [4.78, 5) is 10.9. The van der Waals surface area contributed by atoms with Crippen molar-refractivity contribution >= 4 is 22.8 Å². The lowest BCUT2D eigenvalue weighted by Crippen LogP contribution is -2.10. The first-order valence-electron chi connectivity index (χ1n) is 10.4. The van der Waals surface area contributed by atoms with Crippen LogP contribution in [0.1, 0.15) is 47.6 Å². The smallest absolute Gasteiger partial charge is 0.303 e. The predicted molar refractivity (Wildman–Crippen MR) is 122 cm³/mol. The number of rotatable bonds is 7. The number of hydrogen-bond donors (Lipinski definition) is 3. The monoisotopic (exact) mass is 398 g/mol. The van der Waals surface area contributed by atoms with Gasteiger partial charge in [0.15, 0.2) is 0 Å². The third kappa shape index (κ3) is 4.29. The molecule has 1 heterocycles. The molecule has 0 atom stereocenters. The highest BCUT2D eigenvalue weighted by atomic mass is 16.4. The molecule has 4 nitrogen and oxygen atoms in total. The van der Waals surface area contributed by atoms with E-state index in [2.05, 4.69) is 72.4 Å². The number of carboxylic acid groups (broad SMARTS) is 1. The highest BCUT2D eigenvalue weighted by molar-refractivity contribution is 5.99. The Labute approximate surface area is 177 Å². The van der Waals surface area contributed by atoms with Gasteiger partial charge in [0.05, 0.1) is 5.69 Å². The standard InChI is InChI=1S/C26H26N2O2/c1-2-23(19-6-4-3-5-7-19)26(21-13-14-24-22(16-21)17-27-28-24)20-11-8-18(9-12-20)10-15-25(29)30/h3-9,11-14,16,27-28H,2,10,15,17H2,1H3,(H,29,30)/b26-23+. The Hall–Kier alpha value is -3.37. The molecule has 0 saturated carbocycles. The number of fused-ring (bicyclic) bond motifs is 1. The summed E-state index contributed by atoms with van der Waals surface area (Å²) in [5.41, 5.74) is 15.9. The number of carbonyl (C=O) groups is 1. The molecule has 152 valence electrons. The van der Waals surface area contributed by atoms with Crippen molar-refractivity contribution in [3.8, 4) is 0 Å². The molecule has 0 saturated heterocycles. The Morgan fingerprint density at radius 3 is 2.37 bits per heavy atom. The van der Waals surface area contributed by atoms with E-state index in [0.717, 1.165) is 29.8 Å². The Balaban J connectivity index is 1.82. The van der Waals surface area contributed by atoms with Gasteiger partial charge >= 0.3 is 5.97 Å². The molecule has 0 amide bonds. The lowest BCUT2D eigenvalue weighted by Gasteiger charge is -2.17. The maximum absolute atomic E-state index is 10.9. The molecule has 0 radical (unpaired) electrons. The molecule has 4 rings (SSSR count). The van der Waals surface area contributed by atoms with Crippen LogP contribution < -0.4 is 10.9 Å². The molecular weight excluding hydrogens is 372 g/mol. The number of anilines is 1. The largest absolute Gasteiger partial charge is 0.481 e. The van der Waals surface area contributed by atoms with Gasteiger partial charge in [0.1, 0.15) is 0 Å². The van der Waals surface area contributed by atoms with Gasteiger partial charge in [-0.2, -0.15) is 0 Å². The molecule has 0 bridgehead atoms. The van der Waals surface area contributed by atoms with Gasteiger partial charge in [0, 0.05) is 13.0 Å². The lowest BCUT2D eigenvalue weighted by atomic mass is 9.87. The fraction of sp³-hybridized carbons (Fsp3) is 0.192. The topological polar surface area (TPSA) is 61.4 Å². The molecule has 0 aromatic heterocycles. The summed E-state index contributed by atoms with van der Waals surface area (Å²) in [6.07, 6.45) is 1.61. The van der Waals surface area contributed by atoms with E-state index in [0.29, 0.717) is 6.42 Å². The Morgan fingerprint density at radius 2 is 1.67 bits per heavy atom. The number of benzene rings is 3. The van der Waals surface area contributed by atoms with Crippen molar-refractivity contribution in [2.45, 2.75) is 32.7 Å². The molecule has 1 aliphatic rings. The molecule has 1 aliphatic heterocycles. The Kier molecular flexibility index (Phi) is 5.96. The van der Waals surface area contributed by atoms with E-state index in [1.807, 2.05) is 18.2 Å². The van der Waals surface area contributed by atoms with Crippen LogP contribution in [-0.4, -0.2) is 11.1 Å². The van der Waals surface area contributed by atoms with E-state index in [1.54, 1.807) is 0 Å². The van der Waals surface area contributed by atoms with Gasteiger partial charge in [-0.25, -0.2) is 5.43 Å². The molecule has 0 spiro atoms. The molecule has 3 N–H and O–H groups in total. The predicted octanol–water partition coefficient (Wildman–Crippen LogP) is 5.50. The van der Waals surface area contributed by atoms with Crippen LogP contribution in [0.4, 0.5) is 5.69 Å². The SMILES string of the molecule is CC/C(=C(/c1ccc(CCC(=O)O)cc1)c1ccc2c(c1)CNN2)c1ccccc1. The van der Waals surface area contributed by atoms with Crippen LogP contribution in [0, 0.1) is 0 Å². The molecule has 0 aliphatic carbocycles. The zero-order chi connectivity index (χ0) is 20.9.